The smallest absolute Gasteiger partial charge is 0.140 e. The monoisotopic (exact) mass is 409 g/mol. The number of unbranched alkanes of at least 4 members (excludes halogenated alkanes) is 1. The summed E-state index contributed by atoms with van der Waals surface area (Å²) in [7, 11) is 36.4. The van der Waals surface area contributed by atoms with Crippen LogP contribution in [0.4, 0.5) is 0 Å². The average Bonchev–Trinajstić information content (AvgIpc) is 3.20. The Morgan fingerprint density at radius 2 is 1.75 bits per heavy atom. The molecule has 11 heteroatoms. The highest BCUT2D eigenvalue weighted by atomic mass is 15.2. The molecule has 4 rings (SSSR count). The summed E-state index contributed by atoms with van der Waals surface area (Å²) in [5, 5.41) is 0. The standard InChI is InChI=1S/C21H21B6N5/c22-11-8-10-4-3-5-12(18(10)31-21(11)27)32(7-2-1-6-28)9-13-29-19-16(25)14(23)15(24)17(26)20(19)30-13/h8,12H,1-7,9,28H2,(H,29,30)/t12-/m0/s1. The Morgan fingerprint density at radius 3 is 2.50 bits per heavy atom. The Morgan fingerprint density at radius 1 is 1.00 bits per heavy atom. The second-order valence-electron chi connectivity index (χ2n) is 8.44. The van der Waals surface area contributed by atoms with Crippen molar-refractivity contribution in [1.29, 1.82) is 0 Å². The predicted octanol–water partition coefficient (Wildman–Crippen LogP) is -3.66. The summed E-state index contributed by atoms with van der Waals surface area (Å²) in [4.78, 5) is 15.0. The van der Waals surface area contributed by atoms with Gasteiger partial charge in [0.15, 0.2) is 0 Å². The van der Waals surface area contributed by atoms with E-state index in [0.29, 0.717) is 46.1 Å². The van der Waals surface area contributed by atoms with E-state index in [9.17, 15) is 0 Å². The van der Waals surface area contributed by atoms with E-state index in [-0.39, 0.29) is 17.0 Å². The van der Waals surface area contributed by atoms with Gasteiger partial charge in [0, 0.05) is 0 Å². The van der Waals surface area contributed by atoms with Crippen molar-refractivity contribution in [3.8, 4) is 0 Å². The van der Waals surface area contributed by atoms with E-state index < -0.39 is 0 Å². The van der Waals surface area contributed by atoms with Crippen LogP contribution in [0.3, 0.4) is 0 Å². The van der Waals surface area contributed by atoms with Crippen molar-refractivity contribution in [2.45, 2.75) is 44.7 Å². The van der Waals surface area contributed by atoms with Crippen molar-refractivity contribution < 1.29 is 0 Å². The van der Waals surface area contributed by atoms with E-state index in [2.05, 4.69) is 14.9 Å². The van der Waals surface area contributed by atoms with Crippen molar-refractivity contribution in [3.05, 3.63) is 23.1 Å². The first-order valence-electron chi connectivity index (χ1n) is 10.9. The first-order chi connectivity index (χ1) is 15.3. The maximum Gasteiger partial charge on any atom is 0.140 e. The molecule has 0 aliphatic heterocycles. The third-order valence-corrected chi connectivity index (χ3v) is 6.28. The van der Waals surface area contributed by atoms with E-state index >= 15 is 0 Å². The van der Waals surface area contributed by atoms with Crippen molar-refractivity contribution in [2.75, 3.05) is 13.1 Å². The van der Waals surface area contributed by atoms with Gasteiger partial charge in [0.25, 0.3) is 0 Å². The van der Waals surface area contributed by atoms with E-state index in [1.54, 1.807) is 0 Å². The second kappa shape index (κ2) is 9.56. The summed E-state index contributed by atoms with van der Waals surface area (Å²) < 4.78 is 0. The molecule has 1 aromatic carbocycles. The summed E-state index contributed by atoms with van der Waals surface area (Å²) in [6, 6.07) is 2.05. The second-order valence-corrected chi connectivity index (χ2v) is 8.44. The van der Waals surface area contributed by atoms with Crippen LogP contribution in [0.1, 0.15) is 48.8 Å². The minimum atomic E-state index is 0.0949. The van der Waals surface area contributed by atoms with E-state index in [1.165, 1.54) is 0 Å². The summed E-state index contributed by atoms with van der Waals surface area (Å²) in [5.41, 5.74) is 11.1. The zero-order valence-corrected chi connectivity index (χ0v) is 18.2. The molecule has 0 bridgehead atoms. The molecule has 5 nitrogen and oxygen atoms in total. The van der Waals surface area contributed by atoms with Gasteiger partial charge >= 0.3 is 0 Å². The maximum absolute atomic E-state index is 6.17. The zero-order chi connectivity index (χ0) is 23.0. The van der Waals surface area contributed by atoms with Crippen LogP contribution >= 0.6 is 0 Å². The molecule has 1 atom stereocenters. The van der Waals surface area contributed by atoms with Crippen LogP contribution in [0.15, 0.2) is 6.07 Å². The van der Waals surface area contributed by atoms with E-state index in [1.807, 2.05) is 6.07 Å². The molecule has 0 amide bonds. The third-order valence-electron chi connectivity index (χ3n) is 6.28. The van der Waals surface area contributed by atoms with Crippen molar-refractivity contribution in [2.24, 2.45) is 5.73 Å². The normalized spacial score (nSPS) is 16.0. The molecule has 3 N–H and O–H groups in total. The number of hydrogen-bond donors (Lipinski definition) is 2. The SMILES string of the molecule is [B]c1cc2c(nc1[B])[C@@H](N(CCCCN)Cc1nc3c([B])c([B])c([B])c([B])c3[nH]1)CCC2. The Bertz CT molecular complexity index is 1100. The lowest BCUT2D eigenvalue weighted by molar-refractivity contribution is 0.160. The number of nitrogens with two attached hydrogens (primary N) is 1. The van der Waals surface area contributed by atoms with Crippen LogP contribution in [-0.2, 0) is 13.0 Å². The van der Waals surface area contributed by atoms with Crippen molar-refractivity contribution in [1.82, 2.24) is 19.9 Å². The Labute approximate surface area is 197 Å². The minimum absolute atomic E-state index is 0.0949. The predicted molar refractivity (Wildman–Crippen MR) is 137 cm³/mol. The van der Waals surface area contributed by atoms with Crippen LogP contribution in [0, 0.1) is 0 Å². The molecule has 12 radical (unpaired) electrons. The molecule has 3 aromatic rings. The number of aromatic amines is 1. The Kier molecular flexibility index (Phi) is 6.97. The van der Waals surface area contributed by atoms with Crippen LogP contribution in [0.5, 0.6) is 0 Å². The van der Waals surface area contributed by atoms with Crippen LogP contribution < -0.4 is 38.6 Å². The van der Waals surface area contributed by atoms with Crippen molar-refractivity contribution in [3.63, 3.8) is 0 Å². The summed E-state index contributed by atoms with van der Waals surface area (Å²) in [5.74, 6) is 0.728. The summed E-state index contributed by atoms with van der Waals surface area (Å²) >= 11 is 0. The lowest BCUT2D eigenvalue weighted by atomic mass is 9.66. The molecule has 0 unspecified atom stereocenters. The van der Waals surface area contributed by atoms with Gasteiger partial charge < -0.3 is 10.7 Å². The molecule has 2 heterocycles. The molecule has 1 aliphatic rings. The van der Waals surface area contributed by atoms with Crippen LogP contribution in [0.25, 0.3) is 11.0 Å². The van der Waals surface area contributed by atoms with E-state index in [4.69, 9.17) is 57.8 Å². The number of H-pyrrole nitrogens is 1. The Balaban J connectivity index is 1.71. The molecular weight excluding hydrogens is 387 g/mol. The molecule has 0 saturated heterocycles. The quantitative estimate of drug-likeness (QED) is 0.313. The van der Waals surface area contributed by atoms with Gasteiger partial charge in [-0.1, -0.05) is 22.5 Å². The number of aromatic nitrogens is 3. The van der Waals surface area contributed by atoms with Gasteiger partial charge in [-0.15, -0.1) is 10.9 Å². The highest BCUT2D eigenvalue weighted by molar-refractivity contribution is 6.66. The fraction of sp³-hybridized carbons (Fsp3) is 0.429. The highest BCUT2D eigenvalue weighted by Crippen LogP contribution is 2.33. The van der Waals surface area contributed by atoms with Gasteiger partial charge in [0.2, 0.25) is 0 Å². The fourth-order valence-corrected chi connectivity index (χ4v) is 4.50. The van der Waals surface area contributed by atoms with Gasteiger partial charge in [-0.2, -0.15) is 0 Å². The lowest BCUT2D eigenvalue weighted by Gasteiger charge is -2.35. The van der Waals surface area contributed by atoms with Crippen LogP contribution in [-0.4, -0.2) is 80.0 Å². The van der Waals surface area contributed by atoms with E-state index in [0.717, 1.165) is 55.7 Å². The average molecular weight is 408 g/mol. The largest absolute Gasteiger partial charge is 0.341 e. The van der Waals surface area contributed by atoms with Gasteiger partial charge in [-0.25, -0.2) is 4.98 Å². The lowest BCUT2D eigenvalue weighted by Crippen LogP contribution is -2.47. The Hall–Kier alpha value is -1.85. The van der Waals surface area contributed by atoms with Gasteiger partial charge in [0.05, 0.1) is 29.3 Å². The number of pyridine rings is 1. The first-order valence-corrected chi connectivity index (χ1v) is 10.9. The number of benzene rings is 1. The topological polar surface area (TPSA) is 70.8 Å². The molecule has 148 valence electrons. The summed E-state index contributed by atoms with van der Waals surface area (Å²) in [6.45, 7) is 2.03. The van der Waals surface area contributed by atoms with Crippen LogP contribution in [0.2, 0.25) is 0 Å². The number of nitrogens with one attached hydrogen (secondary N) is 1. The molecule has 32 heavy (non-hydrogen) atoms. The molecule has 0 saturated carbocycles. The zero-order valence-electron chi connectivity index (χ0n) is 18.2. The maximum atomic E-state index is 6.17. The number of aryl methyl sites for hydroxylation is 1. The van der Waals surface area contributed by atoms with Gasteiger partial charge in [0.1, 0.15) is 52.9 Å². The molecule has 0 spiro atoms. The highest BCUT2D eigenvalue weighted by Gasteiger charge is 2.28. The first kappa shape index (κ1) is 23.3. The minimum Gasteiger partial charge on any atom is -0.341 e. The van der Waals surface area contributed by atoms with Crippen molar-refractivity contribution >= 4 is 91.0 Å². The molecule has 2 aromatic heterocycles. The summed E-state index contributed by atoms with van der Waals surface area (Å²) in [6.07, 6.45) is 4.84. The number of nitrogens with zero attached hydrogens (tertiary/aromatic N) is 3. The fourth-order valence-electron chi connectivity index (χ4n) is 4.50. The molecule has 0 fully saturated rings. The third kappa shape index (κ3) is 4.34. The molecule has 1 aliphatic carbocycles. The van der Waals surface area contributed by atoms with Gasteiger partial charge in [-0.05, 0) is 56.4 Å². The number of rotatable bonds is 7. The number of hydrogen-bond acceptors (Lipinski definition) is 4. The van der Waals surface area contributed by atoms with Gasteiger partial charge in [-0.3, -0.25) is 9.88 Å². The number of fused-ring (bicyclic) bond motifs is 2. The molecular formula is C21H21B6N5. The number of imidazole rings is 1.